The maximum absolute atomic E-state index is 12.1. The molecule has 23 heavy (non-hydrogen) atoms. The van der Waals surface area contributed by atoms with E-state index in [1.165, 1.54) is 10.2 Å². The van der Waals surface area contributed by atoms with Crippen LogP contribution in [0.4, 0.5) is 5.82 Å². The van der Waals surface area contributed by atoms with Gasteiger partial charge in [0.2, 0.25) is 0 Å². The highest BCUT2D eigenvalue weighted by Crippen LogP contribution is 2.09. The smallest absolute Gasteiger partial charge is 0.256 e. The number of amides is 1. The number of aryl methyl sites for hydroxylation is 2. The Labute approximate surface area is 136 Å². The van der Waals surface area contributed by atoms with Gasteiger partial charge in [-0.15, -0.1) is 0 Å². The minimum absolute atomic E-state index is 0.0387. The lowest BCUT2D eigenvalue weighted by atomic mass is 10.1. The molecule has 2 rings (SSSR count). The van der Waals surface area contributed by atoms with Gasteiger partial charge in [0.15, 0.2) is 15.7 Å². The Hall–Kier alpha value is -2.15. The number of hydrogen-bond donors (Lipinski definition) is 1. The number of carbonyl (C=O) groups excluding carboxylic acids is 1. The van der Waals surface area contributed by atoms with Crippen LogP contribution in [0.25, 0.3) is 0 Å². The first kappa shape index (κ1) is 17.2. The van der Waals surface area contributed by atoms with Crippen LogP contribution in [0.3, 0.4) is 0 Å². The highest BCUT2D eigenvalue weighted by molar-refractivity contribution is 7.91. The van der Waals surface area contributed by atoms with Crippen molar-refractivity contribution in [3.8, 4) is 0 Å². The van der Waals surface area contributed by atoms with Gasteiger partial charge in [0.1, 0.15) is 0 Å². The van der Waals surface area contributed by atoms with Crippen molar-refractivity contribution in [1.82, 2.24) is 9.78 Å². The molecule has 1 aromatic carbocycles. The summed E-state index contributed by atoms with van der Waals surface area (Å²) < 4.78 is 24.5. The van der Waals surface area contributed by atoms with Crippen molar-refractivity contribution < 1.29 is 13.2 Å². The summed E-state index contributed by atoms with van der Waals surface area (Å²) in [6, 6.07) is 9.04. The normalized spacial score (nSPS) is 11.4. The highest BCUT2D eigenvalue weighted by atomic mass is 32.2. The van der Waals surface area contributed by atoms with E-state index in [1.54, 1.807) is 31.3 Å². The van der Waals surface area contributed by atoms with Crippen LogP contribution in [-0.2, 0) is 22.8 Å². The first-order valence-electron chi connectivity index (χ1n) is 7.57. The van der Waals surface area contributed by atoms with Gasteiger partial charge in [0.05, 0.1) is 12.3 Å². The first-order valence-corrected chi connectivity index (χ1v) is 9.40. The van der Waals surface area contributed by atoms with E-state index in [1.807, 2.05) is 12.1 Å². The number of nitrogens with one attached hydrogen (secondary N) is 1. The molecule has 0 bridgehead atoms. The summed E-state index contributed by atoms with van der Waals surface area (Å²) >= 11 is 0. The number of nitrogens with zero attached hydrogens (tertiary/aromatic N) is 2. The molecule has 1 N–H and O–H groups in total. The second kappa shape index (κ2) is 7.41. The number of sulfone groups is 1. The lowest BCUT2D eigenvalue weighted by molar-refractivity contribution is 0.102. The van der Waals surface area contributed by atoms with Gasteiger partial charge in [-0.1, -0.05) is 26.0 Å². The molecule has 1 aromatic heterocycles. The van der Waals surface area contributed by atoms with E-state index in [4.69, 9.17) is 0 Å². The number of anilines is 1. The monoisotopic (exact) mass is 335 g/mol. The summed E-state index contributed by atoms with van der Waals surface area (Å²) in [5.41, 5.74) is 1.73. The van der Waals surface area contributed by atoms with Crippen molar-refractivity contribution in [2.24, 2.45) is 0 Å². The van der Waals surface area contributed by atoms with Gasteiger partial charge < -0.3 is 5.32 Å². The Kier molecular flexibility index (Phi) is 5.54. The molecular formula is C16H21N3O3S. The molecule has 1 amide bonds. The zero-order chi connectivity index (χ0) is 16.9. The Morgan fingerprint density at radius 2 is 1.87 bits per heavy atom. The van der Waals surface area contributed by atoms with Crippen LogP contribution >= 0.6 is 0 Å². The third-order valence-electron chi connectivity index (χ3n) is 3.58. The third kappa shape index (κ3) is 4.92. The summed E-state index contributed by atoms with van der Waals surface area (Å²) in [6.07, 6.45) is 2.58. The van der Waals surface area contributed by atoms with Crippen LogP contribution in [0.15, 0.2) is 36.5 Å². The Balaban J connectivity index is 1.96. The molecule has 0 saturated carbocycles. The predicted molar refractivity (Wildman–Crippen MR) is 90.3 cm³/mol. The zero-order valence-corrected chi connectivity index (χ0v) is 14.1. The predicted octanol–water partition coefficient (Wildman–Crippen LogP) is 2.13. The number of rotatable bonds is 7. The SMILES string of the molecule is CCc1ccc(C(=O)Nc2ccn(CCS(=O)(=O)CC)n2)cc1. The van der Waals surface area contributed by atoms with Crippen LogP contribution in [0.5, 0.6) is 0 Å². The summed E-state index contributed by atoms with van der Waals surface area (Å²) in [5, 5.41) is 6.87. The van der Waals surface area contributed by atoms with Crippen LogP contribution in [0.2, 0.25) is 0 Å². The minimum atomic E-state index is -3.03. The quantitative estimate of drug-likeness (QED) is 0.840. The average molecular weight is 335 g/mol. The van der Waals surface area contributed by atoms with Gasteiger partial charge in [0, 0.05) is 23.6 Å². The second-order valence-electron chi connectivity index (χ2n) is 5.21. The largest absolute Gasteiger partial charge is 0.305 e. The van der Waals surface area contributed by atoms with E-state index < -0.39 is 9.84 Å². The number of aromatic nitrogens is 2. The van der Waals surface area contributed by atoms with Gasteiger partial charge >= 0.3 is 0 Å². The average Bonchev–Trinajstić information content (AvgIpc) is 3.00. The van der Waals surface area contributed by atoms with Crippen molar-refractivity contribution in [3.63, 3.8) is 0 Å². The fourth-order valence-electron chi connectivity index (χ4n) is 2.01. The molecule has 7 heteroatoms. The molecule has 0 radical (unpaired) electrons. The van der Waals surface area contributed by atoms with Crippen LogP contribution in [-0.4, -0.2) is 35.6 Å². The maximum atomic E-state index is 12.1. The van der Waals surface area contributed by atoms with E-state index >= 15 is 0 Å². The fourth-order valence-corrected chi connectivity index (χ4v) is 2.76. The van der Waals surface area contributed by atoms with Crippen molar-refractivity contribution in [2.45, 2.75) is 26.8 Å². The fraction of sp³-hybridized carbons (Fsp3) is 0.375. The summed E-state index contributed by atoms with van der Waals surface area (Å²) in [5.74, 6) is 0.324. The summed E-state index contributed by atoms with van der Waals surface area (Å²) in [6.45, 7) is 3.95. The third-order valence-corrected chi connectivity index (χ3v) is 5.26. The van der Waals surface area contributed by atoms with Crippen molar-refractivity contribution in [2.75, 3.05) is 16.8 Å². The van der Waals surface area contributed by atoms with Gasteiger partial charge in [-0.05, 0) is 24.1 Å². The number of hydrogen-bond acceptors (Lipinski definition) is 4. The maximum Gasteiger partial charge on any atom is 0.256 e. The molecule has 0 aliphatic heterocycles. The summed E-state index contributed by atoms with van der Waals surface area (Å²) in [7, 11) is -3.03. The van der Waals surface area contributed by atoms with E-state index in [9.17, 15) is 13.2 Å². The standard InChI is InChI=1S/C16H21N3O3S/c1-3-13-5-7-14(8-6-13)16(20)17-15-9-10-19(18-15)11-12-23(21,22)4-2/h5-10H,3-4,11-12H2,1-2H3,(H,17,18,20). The Morgan fingerprint density at radius 1 is 1.17 bits per heavy atom. The molecule has 0 aliphatic carbocycles. The Morgan fingerprint density at radius 3 is 2.48 bits per heavy atom. The summed E-state index contributed by atoms with van der Waals surface area (Å²) in [4.78, 5) is 12.1. The second-order valence-corrected chi connectivity index (χ2v) is 7.68. The molecular weight excluding hydrogens is 314 g/mol. The van der Waals surface area contributed by atoms with E-state index in [0.717, 1.165) is 6.42 Å². The van der Waals surface area contributed by atoms with Crippen molar-refractivity contribution >= 4 is 21.6 Å². The van der Waals surface area contributed by atoms with E-state index in [2.05, 4.69) is 17.3 Å². The van der Waals surface area contributed by atoms with Gasteiger partial charge in [-0.25, -0.2) is 8.42 Å². The number of benzene rings is 1. The lowest BCUT2D eigenvalue weighted by Gasteiger charge is -2.04. The molecule has 0 unspecified atom stereocenters. The molecule has 1 heterocycles. The van der Waals surface area contributed by atoms with Crippen LogP contribution in [0.1, 0.15) is 29.8 Å². The van der Waals surface area contributed by atoms with Gasteiger partial charge in [-0.2, -0.15) is 5.10 Å². The van der Waals surface area contributed by atoms with E-state index in [0.29, 0.717) is 11.4 Å². The zero-order valence-electron chi connectivity index (χ0n) is 13.3. The molecule has 0 fully saturated rings. The molecule has 0 spiro atoms. The molecule has 0 atom stereocenters. The van der Waals surface area contributed by atoms with E-state index in [-0.39, 0.29) is 24.0 Å². The Bertz CT molecular complexity index is 764. The number of carbonyl (C=O) groups is 1. The van der Waals surface area contributed by atoms with Gasteiger partial charge in [-0.3, -0.25) is 9.48 Å². The van der Waals surface area contributed by atoms with Crippen LogP contribution < -0.4 is 5.32 Å². The minimum Gasteiger partial charge on any atom is -0.305 e. The molecule has 0 saturated heterocycles. The topological polar surface area (TPSA) is 81.1 Å². The van der Waals surface area contributed by atoms with Crippen molar-refractivity contribution in [1.29, 1.82) is 0 Å². The highest BCUT2D eigenvalue weighted by Gasteiger charge is 2.10. The van der Waals surface area contributed by atoms with Gasteiger partial charge in [0.25, 0.3) is 5.91 Å². The van der Waals surface area contributed by atoms with Crippen molar-refractivity contribution in [3.05, 3.63) is 47.7 Å². The molecule has 2 aromatic rings. The first-order chi connectivity index (χ1) is 10.9. The molecule has 124 valence electrons. The van der Waals surface area contributed by atoms with Crippen LogP contribution in [0, 0.1) is 0 Å². The lowest BCUT2D eigenvalue weighted by Crippen LogP contribution is -2.16. The molecule has 6 nitrogen and oxygen atoms in total. The molecule has 0 aliphatic rings.